The van der Waals surface area contributed by atoms with Crippen LogP contribution in [0.5, 0.6) is 0 Å². The number of carbonyl (C=O) groups is 1. The maximum atomic E-state index is 13.5. The van der Waals surface area contributed by atoms with Crippen molar-refractivity contribution in [3.8, 4) is 0 Å². The van der Waals surface area contributed by atoms with Crippen LogP contribution in [0.3, 0.4) is 0 Å². The number of benzene rings is 1. The first-order chi connectivity index (χ1) is 9.81. The van der Waals surface area contributed by atoms with Gasteiger partial charge in [0.1, 0.15) is 16.3 Å². The molecule has 0 amide bonds. The second-order valence-electron chi connectivity index (χ2n) is 3.91. The first kappa shape index (κ1) is 15.4. The molecule has 1 aromatic heterocycles. The zero-order valence-corrected chi connectivity index (χ0v) is 12.6. The molecule has 2 N–H and O–H groups in total. The van der Waals surface area contributed by atoms with Crippen LogP contribution in [0.1, 0.15) is 10.4 Å². The fourth-order valence-electron chi connectivity index (χ4n) is 1.57. The van der Waals surface area contributed by atoms with E-state index in [0.717, 1.165) is 18.3 Å². The Balaban J connectivity index is 2.47. The zero-order valence-electron chi connectivity index (χ0n) is 10.2. The van der Waals surface area contributed by atoms with E-state index in [4.69, 9.17) is 5.11 Å². The van der Waals surface area contributed by atoms with Gasteiger partial charge in [-0.15, -0.1) is 0 Å². The smallest absolute Gasteiger partial charge is 0.340 e. The minimum absolute atomic E-state index is 0.183. The number of sulfonamides is 1. The van der Waals surface area contributed by atoms with E-state index >= 15 is 0 Å². The van der Waals surface area contributed by atoms with Crippen molar-refractivity contribution in [3.05, 3.63) is 52.5 Å². The van der Waals surface area contributed by atoms with E-state index in [1.807, 2.05) is 4.72 Å². The number of aromatic nitrogens is 1. The molecular weight excluding hydrogens is 367 g/mol. The van der Waals surface area contributed by atoms with Crippen LogP contribution in [-0.4, -0.2) is 24.5 Å². The van der Waals surface area contributed by atoms with Gasteiger partial charge in [-0.2, -0.15) is 0 Å². The maximum absolute atomic E-state index is 13.5. The minimum atomic E-state index is -4.08. The lowest BCUT2D eigenvalue weighted by molar-refractivity contribution is 0.0693. The number of anilines is 1. The molecule has 0 saturated carbocycles. The Kier molecular flexibility index (Phi) is 4.24. The van der Waals surface area contributed by atoms with Gasteiger partial charge in [0.2, 0.25) is 0 Å². The lowest BCUT2D eigenvalue weighted by Gasteiger charge is -2.11. The molecule has 9 heteroatoms. The first-order valence-corrected chi connectivity index (χ1v) is 7.74. The van der Waals surface area contributed by atoms with Crippen molar-refractivity contribution < 1.29 is 22.7 Å². The molecule has 0 unspecified atom stereocenters. The summed E-state index contributed by atoms with van der Waals surface area (Å²) in [7, 11) is -4.08. The van der Waals surface area contributed by atoms with Gasteiger partial charge < -0.3 is 5.11 Å². The maximum Gasteiger partial charge on any atom is 0.340 e. The quantitative estimate of drug-likeness (QED) is 0.856. The highest BCUT2D eigenvalue weighted by Crippen LogP contribution is 2.23. The van der Waals surface area contributed by atoms with E-state index < -0.39 is 27.4 Å². The fourth-order valence-corrected chi connectivity index (χ4v) is 3.15. The van der Waals surface area contributed by atoms with Crippen LogP contribution in [0.15, 0.2) is 46.0 Å². The van der Waals surface area contributed by atoms with E-state index in [1.54, 1.807) is 0 Å². The van der Waals surface area contributed by atoms with Gasteiger partial charge in [0, 0.05) is 16.9 Å². The van der Waals surface area contributed by atoms with Gasteiger partial charge in [0.25, 0.3) is 10.0 Å². The summed E-state index contributed by atoms with van der Waals surface area (Å²) in [4.78, 5) is 14.6. The summed E-state index contributed by atoms with van der Waals surface area (Å²) in [6.07, 6.45) is 2.48. The minimum Gasteiger partial charge on any atom is -0.478 e. The van der Waals surface area contributed by atoms with Crippen LogP contribution >= 0.6 is 15.9 Å². The summed E-state index contributed by atoms with van der Waals surface area (Å²) >= 11 is 3.08. The number of halogens is 2. The van der Waals surface area contributed by atoms with E-state index in [1.165, 1.54) is 18.3 Å². The third-order valence-corrected chi connectivity index (χ3v) is 4.23. The van der Waals surface area contributed by atoms with Gasteiger partial charge in [0.05, 0.1) is 5.69 Å². The number of hydrogen-bond donors (Lipinski definition) is 2. The highest BCUT2D eigenvalue weighted by molar-refractivity contribution is 9.10. The largest absolute Gasteiger partial charge is 0.478 e. The topological polar surface area (TPSA) is 96.4 Å². The first-order valence-electron chi connectivity index (χ1n) is 5.46. The predicted octanol–water partition coefficient (Wildman–Crippen LogP) is 2.48. The number of nitrogens with zero attached hydrogens (tertiary/aromatic N) is 1. The van der Waals surface area contributed by atoms with Crippen LogP contribution < -0.4 is 4.72 Å². The van der Waals surface area contributed by atoms with E-state index in [9.17, 15) is 17.6 Å². The van der Waals surface area contributed by atoms with Gasteiger partial charge in [-0.3, -0.25) is 9.71 Å². The predicted molar refractivity (Wildman–Crippen MR) is 76.1 cm³/mol. The highest BCUT2D eigenvalue weighted by atomic mass is 79.9. The van der Waals surface area contributed by atoms with Gasteiger partial charge in [-0.05, 0) is 34.1 Å². The fraction of sp³-hybridized carbons (Fsp3) is 0. The lowest BCUT2D eigenvalue weighted by Crippen LogP contribution is -2.16. The second-order valence-corrected chi connectivity index (χ2v) is 6.51. The van der Waals surface area contributed by atoms with Crippen molar-refractivity contribution in [2.45, 2.75) is 4.90 Å². The van der Waals surface area contributed by atoms with Crippen LogP contribution in [0, 0.1) is 5.82 Å². The summed E-state index contributed by atoms with van der Waals surface area (Å²) in [5.74, 6) is -2.60. The Bertz CT molecular complexity index is 811. The SMILES string of the molecule is O=C(O)c1c(F)cccc1NS(=O)(=O)c1cncc(Br)c1. The Hall–Kier alpha value is -2.00. The second kappa shape index (κ2) is 5.78. The van der Waals surface area contributed by atoms with Crippen LogP contribution in [0.2, 0.25) is 0 Å². The molecular formula is C12H8BrFN2O4S. The molecule has 6 nitrogen and oxygen atoms in total. The third-order valence-electron chi connectivity index (χ3n) is 2.46. The molecule has 0 atom stereocenters. The molecule has 1 aromatic carbocycles. The normalized spacial score (nSPS) is 11.1. The number of carboxylic acid groups (broad SMARTS) is 1. The van der Waals surface area contributed by atoms with Gasteiger partial charge in [-0.25, -0.2) is 17.6 Å². The van der Waals surface area contributed by atoms with E-state index in [2.05, 4.69) is 20.9 Å². The van der Waals surface area contributed by atoms with Crippen molar-refractivity contribution in [2.24, 2.45) is 0 Å². The number of pyridine rings is 1. The average Bonchev–Trinajstić information content (AvgIpc) is 2.37. The number of rotatable bonds is 4. The molecule has 110 valence electrons. The van der Waals surface area contributed by atoms with Crippen LogP contribution in [-0.2, 0) is 10.0 Å². The van der Waals surface area contributed by atoms with Crippen LogP contribution in [0.25, 0.3) is 0 Å². The lowest BCUT2D eigenvalue weighted by atomic mass is 10.2. The van der Waals surface area contributed by atoms with Gasteiger partial charge in [-0.1, -0.05) is 6.07 Å². The number of nitrogens with one attached hydrogen (secondary N) is 1. The molecule has 0 fully saturated rings. The molecule has 0 spiro atoms. The third kappa shape index (κ3) is 3.37. The Morgan fingerprint density at radius 3 is 2.67 bits per heavy atom. The van der Waals surface area contributed by atoms with Crippen molar-refractivity contribution >= 4 is 37.6 Å². The summed E-state index contributed by atoms with van der Waals surface area (Å²) in [5, 5.41) is 8.96. The summed E-state index contributed by atoms with van der Waals surface area (Å²) < 4.78 is 40.3. The highest BCUT2D eigenvalue weighted by Gasteiger charge is 2.21. The number of hydrogen-bond acceptors (Lipinski definition) is 4. The molecule has 2 rings (SSSR count). The summed E-state index contributed by atoms with van der Waals surface area (Å²) in [6.45, 7) is 0. The molecule has 0 aliphatic rings. The Labute approximate surface area is 127 Å². The van der Waals surface area contributed by atoms with Gasteiger partial charge >= 0.3 is 5.97 Å². The number of carboxylic acids is 1. The summed E-state index contributed by atoms with van der Waals surface area (Å²) in [6, 6.07) is 4.59. The standard InChI is InChI=1S/C12H8BrFN2O4S/c13-7-4-8(6-15-5-7)21(19,20)16-10-3-1-2-9(14)11(10)12(17)18/h1-6,16H,(H,17,18). The van der Waals surface area contributed by atoms with Crippen molar-refractivity contribution in [1.82, 2.24) is 4.98 Å². The molecule has 0 saturated heterocycles. The molecule has 0 radical (unpaired) electrons. The van der Waals surface area contributed by atoms with Crippen LogP contribution in [0.4, 0.5) is 10.1 Å². The van der Waals surface area contributed by atoms with Crippen molar-refractivity contribution in [3.63, 3.8) is 0 Å². The average molecular weight is 375 g/mol. The molecule has 0 aliphatic heterocycles. The number of aromatic carboxylic acids is 1. The van der Waals surface area contributed by atoms with E-state index in [-0.39, 0.29) is 10.6 Å². The van der Waals surface area contributed by atoms with Crippen molar-refractivity contribution in [1.29, 1.82) is 0 Å². The molecule has 0 bridgehead atoms. The van der Waals surface area contributed by atoms with Crippen molar-refractivity contribution in [2.75, 3.05) is 4.72 Å². The molecule has 0 aliphatic carbocycles. The monoisotopic (exact) mass is 374 g/mol. The molecule has 1 heterocycles. The summed E-state index contributed by atoms with van der Waals surface area (Å²) in [5.41, 5.74) is -1.11. The van der Waals surface area contributed by atoms with Gasteiger partial charge in [0.15, 0.2) is 0 Å². The molecule has 2 aromatic rings. The Morgan fingerprint density at radius 2 is 2.05 bits per heavy atom. The molecule has 21 heavy (non-hydrogen) atoms. The zero-order chi connectivity index (χ0) is 15.6. The Morgan fingerprint density at radius 1 is 1.33 bits per heavy atom. The van der Waals surface area contributed by atoms with E-state index in [0.29, 0.717) is 4.47 Å².